The molecule has 6 aromatic rings. The first-order chi connectivity index (χ1) is 33.7. The Hall–Kier alpha value is -5.35. The number of phenols is 2. The van der Waals surface area contributed by atoms with Gasteiger partial charge in [-0.25, -0.2) is 4.98 Å². The molecule has 0 radical (unpaired) electrons. The maximum absolute atomic E-state index is 13.0. The molecule has 10 rings (SSSR count). The zero-order valence-corrected chi connectivity index (χ0v) is 44.9. The van der Waals surface area contributed by atoms with Crippen molar-refractivity contribution in [3.05, 3.63) is 143 Å². The molecule has 4 aliphatic carbocycles. The van der Waals surface area contributed by atoms with Crippen LogP contribution in [0.15, 0.2) is 109 Å². The Bertz CT molecular complexity index is 2720. The molecule has 372 valence electrons. The maximum atomic E-state index is 13.0. The zero-order chi connectivity index (χ0) is 50.2. The summed E-state index contributed by atoms with van der Waals surface area (Å²) in [5.41, 5.74) is 13.8. The van der Waals surface area contributed by atoms with Crippen molar-refractivity contribution in [2.45, 2.75) is 169 Å². The highest BCUT2D eigenvalue weighted by atomic mass is 16.5. The van der Waals surface area contributed by atoms with Crippen molar-refractivity contribution in [1.82, 2.24) is 4.98 Å². The number of aromatic nitrogens is 1. The van der Waals surface area contributed by atoms with Gasteiger partial charge < -0.3 is 14.9 Å². The maximum Gasteiger partial charge on any atom is 0.127 e. The van der Waals surface area contributed by atoms with Crippen molar-refractivity contribution in [2.75, 3.05) is 0 Å². The van der Waals surface area contributed by atoms with Crippen LogP contribution in [0.2, 0.25) is 0 Å². The Morgan fingerprint density at radius 1 is 0.493 bits per heavy atom. The second-order valence-corrected chi connectivity index (χ2v) is 26.2. The van der Waals surface area contributed by atoms with Crippen molar-refractivity contribution in [3.8, 4) is 62.0 Å². The predicted molar refractivity (Wildman–Crippen MR) is 295 cm³/mol. The van der Waals surface area contributed by atoms with Crippen LogP contribution in [0.3, 0.4) is 0 Å². The molecule has 4 heteroatoms. The van der Waals surface area contributed by atoms with Gasteiger partial charge in [0.05, 0.1) is 11.4 Å². The van der Waals surface area contributed by atoms with Crippen molar-refractivity contribution < 1.29 is 14.9 Å². The number of hydrogen-bond acceptors (Lipinski definition) is 4. The summed E-state index contributed by atoms with van der Waals surface area (Å²) in [4.78, 5) is 5.66. The van der Waals surface area contributed by atoms with Crippen LogP contribution >= 0.6 is 0 Å². The van der Waals surface area contributed by atoms with Crippen LogP contribution in [0.25, 0.3) is 44.8 Å². The lowest BCUT2D eigenvalue weighted by atomic mass is 9.54. The molecule has 4 saturated carbocycles. The minimum Gasteiger partial charge on any atom is -0.507 e. The summed E-state index contributed by atoms with van der Waals surface area (Å²) in [6, 6.07) is 39.0. The summed E-state index contributed by atoms with van der Waals surface area (Å²) >= 11 is 0. The third-order valence-electron chi connectivity index (χ3n) is 17.7. The second-order valence-electron chi connectivity index (χ2n) is 26.2. The van der Waals surface area contributed by atoms with E-state index >= 15 is 0 Å². The normalized spacial score (nSPS) is 26.5. The van der Waals surface area contributed by atoms with E-state index in [4.69, 9.17) is 9.72 Å². The van der Waals surface area contributed by atoms with Gasteiger partial charge in [-0.1, -0.05) is 148 Å². The van der Waals surface area contributed by atoms with E-state index in [9.17, 15) is 10.2 Å². The number of fused-ring (bicyclic) bond motifs is 4. The molecule has 0 spiro atoms. The number of pyridine rings is 1. The molecule has 2 N–H and O–H groups in total. The van der Waals surface area contributed by atoms with Crippen LogP contribution < -0.4 is 4.74 Å². The summed E-state index contributed by atoms with van der Waals surface area (Å²) in [7, 11) is 0. The molecular weight excluding hydrogens is 867 g/mol. The minimum atomic E-state index is -0.132. The molecule has 4 aliphatic rings. The SMILES string of the molecule is Cc1ccc(OCc2cc(-c3ccccc3-c3cc(C(C)(C)C)cc(C45CC(C)CC(CC(C)C4)C5)c3O)nc(-c3ccccc3-c3cc(C(C)(C)C)cc(C45CC(C)CC(CC(C)C4)C5)c3O)c2)cc1. The molecule has 4 fully saturated rings. The summed E-state index contributed by atoms with van der Waals surface area (Å²) in [6.45, 7) is 26.0. The van der Waals surface area contributed by atoms with Gasteiger partial charge in [-0.05, 0) is 193 Å². The number of aromatic hydroxyl groups is 2. The molecular formula is C67H81NO3. The standard InChI is InChI=1S/C67H81NO3/c1-41-20-22-51(23-21-41)71-40-48-28-60(54-18-14-12-16-52(54)56-30-49(64(6,7)8)32-58(62(56)69)66-34-42(2)24-46(38-66)25-43(3)35-66)68-61(29-48)55-19-15-13-17-53(55)57-31-50(65(9,10)11)33-59(63(57)70)67-36-44(4)26-47(39-67)27-45(5)37-67/h12-23,28-33,42-47,69-70H,24-27,34-40H2,1-11H3. The van der Waals surface area contributed by atoms with Crippen molar-refractivity contribution in [1.29, 1.82) is 0 Å². The fourth-order valence-corrected chi connectivity index (χ4v) is 15.1. The van der Waals surface area contributed by atoms with E-state index in [0.717, 1.165) is 106 Å². The van der Waals surface area contributed by atoms with Gasteiger partial charge >= 0.3 is 0 Å². The van der Waals surface area contributed by atoms with Gasteiger partial charge in [-0.3, -0.25) is 0 Å². The fourth-order valence-electron chi connectivity index (χ4n) is 15.1. The first-order valence-electron chi connectivity index (χ1n) is 27.3. The molecule has 71 heavy (non-hydrogen) atoms. The molecule has 4 nitrogen and oxygen atoms in total. The van der Waals surface area contributed by atoms with Crippen LogP contribution in [0.1, 0.15) is 167 Å². The van der Waals surface area contributed by atoms with Crippen molar-refractivity contribution in [2.24, 2.45) is 35.5 Å². The number of nitrogens with zero attached hydrogens (tertiary/aromatic N) is 1. The predicted octanol–water partition coefficient (Wildman–Crippen LogP) is 17.9. The highest BCUT2D eigenvalue weighted by Gasteiger charge is 2.49. The van der Waals surface area contributed by atoms with E-state index in [1.54, 1.807) is 0 Å². The number of phenolic OH excluding ortho intramolecular Hbond substituents is 2. The average Bonchev–Trinajstić information content (AvgIpc) is 3.29. The van der Waals surface area contributed by atoms with Crippen molar-refractivity contribution >= 4 is 0 Å². The minimum absolute atomic E-state index is 0.0566. The summed E-state index contributed by atoms with van der Waals surface area (Å²) in [5.74, 6) is 5.52. The van der Waals surface area contributed by atoms with Crippen LogP contribution in [0, 0.1) is 42.4 Å². The van der Waals surface area contributed by atoms with E-state index in [0.29, 0.717) is 53.6 Å². The molecule has 1 aromatic heterocycles. The highest BCUT2D eigenvalue weighted by molar-refractivity contribution is 5.89. The molecule has 0 amide bonds. The molecule has 0 saturated heterocycles. The molecule has 5 aromatic carbocycles. The van der Waals surface area contributed by atoms with E-state index < -0.39 is 0 Å². The van der Waals surface area contributed by atoms with E-state index in [1.807, 2.05) is 12.1 Å². The molecule has 4 unspecified atom stereocenters. The smallest absolute Gasteiger partial charge is 0.127 e. The Morgan fingerprint density at radius 3 is 1.25 bits per heavy atom. The first kappa shape index (κ1) is 49.2. The molecule has 4 atom stereocenters. The lowest BCUT2D eigenvalue weighted by Gasteiger charge is -2.51. The number of benzene rings is 5. The average molecular weight is 948 g/mol. The Labute approximate surface area is 426 Å². The van der Waals surface area contributed by atoms with E-state index in [1.165, 1.54) is 42.4 Å². The largest absolute Gasteiger partial charge is 0.507 e. The number of rotatable bonds is 9. The summed E-state index contributed by atoms with van der Waals surface area (Å²) in [5, 5.41) is 25.9. The lowest BCUT2D eigenvalue weighted by molar-refractivity contribution is 0.0760. The Kier molecular flexibility index (Phi) is 12.9. The van der Waals surface area contributed by atoms with Gasteiger partial charge in [-0.15, -0.1) is 0 Å². The van der Waals surface area contributed by atoms with Crippen LogP contribution in [0.4, 0.5) is 0 Å². The first-order valence-corrected chi connectivity index (χ1v) is 27.3. The van der Waals surface area contributed by atoms with Gasteiger partial charge in [0.15, 0.2) is 0 Å². The number of hydrogen-bond donors (Lipinski definition) is 2. The van der Waals surface area contributed by atoms with E-state index in [2.05, 4.69) is 173 Å². The number of ether oxygens (including phenoxy) is 1. The Balaban J connectivity index is 1.16. The van der Waals surface area contributed by atoms with Gasteiger partial charge in [-0.2, -0.15) is 0 Å². The van der Waals surface area contributed by atoms with Gasteiger partial charge in [0.2, 0.25) is 0 Å². The third kappa shape index (κ3) is 9.71. The molecule has 4 bridgehead atoms. The second kappa shape index (κ2) is 18.6. The van der Waals surface area contributed by atoms with Gasteiger partial charge in [0.25, 0.3) is 0 Å². The molecule has 1 heterocycles. The van der Waals surface area contributed by atoms with Crippen LogP contribution in [-0.2, 0) is 28.3 Å². The monoisotopic (exact) mass is 948 g/mol. The van der Waals surface area contributed by atoms with Crippen molar-refractivity contribution in [3.63, 3.8) is 0 Å². The zero-order valence-electron chi connectivity index (χ0n) is 44.9. The van der Waals surface area contributed by atoms with Gasteiger partial charge in [0.1, 0.15) is 23.9 Å². The quantitative estimate of drug-likeness (QED) is 0.152. The Morgan fingerprint density at radius 2 is 0.873 bits per heavy atom. The lowest BCUT2D eigenvalue weighted by Crippen LogP contribution is -2.42. The van der Waals surface area contributed by atoms with Gasteiger partial charge in [0, 0.05) is 33.4 Å². The fraction of sp³-hybridized carbons (Fsp3) is 0.478. The highest BCUT2D eigenvalue weighted by Crippen LogP contribution is 2.59. The third-order valence-corrected chi connectivity index (χ3v) is 17.7. The summed E-state index contributed by atoms with van der Waals surface area (Å²) in [6.07, 6.45) is 11.9. The van der Waals surface area contributed by atoms with Crippen LogP contribution in [0.5, 0.6) is 17.2 Å². The summed E-state index contributed by atoms with van der Waals surface area (Å²) < 4.78 is 6.57. The number of aryl methyl sites for hydroxylation is 1. The van der Waals surface area contributed by atoms with E-state index in [-0.39, 0.29) is 21.7 Å². The molecule has 0 aliphatic heterocycles. The topological polar surface area (TPSA) is 62.6 Å². The van der Waals surface area contributed by atoms with Crippen LogP contribution in [-0.4, -0.2) is 15.2 Å².